The highest BCUT2D eigenvalue weighted by atomic mass is 79.9. The van der Waals surface area contributed by atoms with Gasteiger partial charge in [0.25, 0.3) is 0 Å². The molecule has 170 valence electrons. The van der Waals surface area contributed by atoms with Crippen molar-refractivity contribution in [2.24, 2.45) is 5.41 Å². The lowest BCUT2D eigenvalue weighted by Gasteiger charge is -2.22. The molecule has 10 heteroatoms. The zero-order valence-corrected chi connectivity index (χ0v) is 20.3. The normalized spacial score (nSPS) is 20.3. The van der Waals surface area contributed by atoms with Crippen LogP contribution >= 0.6 is 15.9 Å². The van der Waals surface area contributed by atoms with E-state index >= 15 is 0 Å². The number of carbonyl (C=O) groups excluding carboxylic acids is 1. The molecule has 1 aliphatic carbocycles. The van der Waals surface area contributed by atoms with Gasteiger partial charge in [0, 0.05) is 42.2 Å². The average Bonchev–Trinajstić information content (AvgIpc) is 3.51. The predicted octanol–water partition coefficient (Wildman–Crippen LogP) is 3.99. The first-order chi connectivity index (χ1) is 15.9. The summed E-state index contributed by atoms with van der Waals surface area (Å²) in [6.45, 7) is 3.99. The smallest absolute Gasteiger partial charge is 0.225 e. The number of nitrogens with zero attached hydrogens (tertiary/aromatic N) is 5. The summed E-state index contributed by atoms with van der Waals surface area (Å²) in [7, 11) is 1.69. The molecule has 0 radical (unpaired) electrons. The van der Waals surface area contributed by atoms with Crippen molar-refractivity contribution in [2.45, 2.75) is 39.2 Å². The Morgan fingerprint density at radius 2 is 2.03 bits per heavy atom. The lowest BCUT2D eigenvalue weighted by atomic mass is 9.87. The molecule has 33 heavy (non-hydrogen) atoms. The van der Waals surface area contributed by atoms with Crippen LogP contribution in [0.3, 0.4) is 0 Å². The Kier molecular flexibility index (Phi) is 5.40. The van der Waals surface area contributed by atoms with Crippen LogP contribution in [0.4, 0.5) is 5.95 Å². The second kappa shape index (κ2) is 8.26. The predicted molar refractivity (Wildman–Crippen MR) is 130 cm³/mol. The lowest BCUT2D eigenvalue weighted by molar-refractivity contribution is -0.129. The molecule has 3 N–H and O–H groups in total. The molecule has 0 saturated heterocycles. The number of carbonyl (C=O) groups is 1. The molecule has 3 heterocycles. The first-order valence-corrected chi connectivity index (χ1v) is 11.7. The highest BCUT2D eigenvalue weighted by molar-refractivity contribution is 9.10. The number of rotatable bonds is 5. The van der Waals surface area contributed by atoms with Crippen molar-refractivity contribution in [1.82, 2.24) is 35.0 Å². The maximum atomic E-state index is 12.2. The summed E-state index contributed by atoms with van der Waals surface area (Å²) in [6.07, 6.45) is 6.05. The monoisotopic (exact) mass is 508 g/mol. The molecule has 1 aliphatic rings. The zero-order chi connectivity index (χ0) is 23.2. The topological polar surface area (TPSA) is 113 Å². The number of H-pyrrole nitrogens is 1. The number of aromatic nitrogens is 6. The Morgan fingerprint density at radius 1 is 1.24 bits per heavy atom. The number of nitrogens with one attached hydrogen (secondary N) is 3. The van der Waals surface area contributed by atoms with Crippen LogP contribution in [0.1, 0.15) is 31.9 Å². The Labute approximate surface area is 199 Å². The maximum absolute atomic E-state index is 12.2. The van der Waals surface area contributed by atoms with Crippen LogP contribution in [-0.4, -0.2) is 48.7 Å². The molecular formula is C23H25BrN8O. The molecule has 1 aromatic carbocycles. The van der Waals surface area contributed by atoms with Gasteiger partial charge in [-0.1, -0.05) is 6.92 Å². The van der Waals surface area contributed by atoms with Gasteiger partial charge in [-0.05, 0) is 66.4 Å². The molecular weight excluding hydrogens is 484 g/mol. The Bertz CT molecular complexity index is 1330. The van der Waals surface area contributed by atoms with E-state index in [-0.39, 0.29) is 17.4 Å². The van der Waals surface area contributed by atoms with E-state index < -0.39 is 0 Å². The fourth-order valence-electron chi connectivity index (χ4n) is 4.49. The quantitative estimate of drug-likeness (QED) is 0.375. The van der Waals surface area contributed by atoms with Crippen molar-refractivity contribution in [3.05, 3.63) is 47.0 Å². The van der Waals surface area contributed by atoms with E-state index in [1.807, 2.05) is 44.3 Å². The van der Waals surface area contributed by atoms with Crippen LogP contribution in [0.25, 0.3) is 28.1 Å². The number of imidazole rings is 1. The molecule has 1 saturated carbocycles. The van der Waals surface area contributed by atoms with E-state index in [1.165, 1.54) is 0 Å². The number of anilines is 1. The van der Waals surface area contributed by atoms with Gasteiger partial charge in [-0.15, -0.1) is 0 Å². The van der Waals surface area contributed by atoms with Crippen molar-refractivity contribution >= 4 is 38.8 Å². The molecule has 3 aromatic heterocycles. The standard InChI is InChI=1S/C23H25BrN8O/c1-13-11-26-19(28-13)14-4-6-16(7-5-14)32-20-17(18(24)31-32)12-27-22(30-20)29-15-8-9-23(2,10-15)21(33)25-3/h4-7,11-12,15H,8-10H2,1-3H3,(H,25,33)(H,26,28)(H,27,29,30)/t15-,23-/m1/s1. The first kappa shape index (κ1) is 21.6. The minimum absolute atomic E-state index is 0.0818. The summed E-state index contributed by atoms with van der Waals surface area (Å²) in [4.78, 5) is 29.1. The highest BCUT2D eigenvalue weighted by Crippen LogP contribution is 2.39. The number of aryl methyl sites for hydroxylation is 1. The van der Waals surface area contributed by atoms with Gasteiger partial charge >= 0.3 is 0 Å². The van der Waals surface area contributed by atoms with E-state index in [4.69, 9.17) is 4.98 Å². The third-order valence-electron chi connectivity index (χ3n) is 6.32. The summed E-state index contributed by atoms with van der Waals surface area (Å²) in [5.74, 6) is 1.45. The third kappa shape index (κ3) is 3.99. The Morgan fingerprint density at radius 3 is 2.73 bits per heavy atom. The third-order valence-corrected chi connectivity index (χ3v) is 6.90. The molecule has 4 aromatic rings. The van der Waals surface area contributed by atoms with E-state index in [9.17, 15) is 4.79 Å². The maximum Gasteiger partial charge on any atom is 0.225 e. The molecule has 0 aliphatic heterocycles. The zero-order valence-electron chi connectivity index (χ0n) is 18.7. The molecule has 1 fully saturated rings. The van der Waals surface area contributed by atoms with Gasteiger partial charge in [0.05, 0.1) is 11.1 Å². The molecule has 0 bridgehead atoms. The summed E-state index contributed by atoms with van der Waals surface area (Å²) in [5.41, 5.74) is 3.24. The summed E-state index contributed by atoms with van der Waals surface area (Å²) in [5, 5.41) is 11.6. The van der Waals surface area contributed by atoms with Gasteiger partial charge < -0.3 is 15.6 Å². The average molecular weight is 509 g/mol. The van der Waals surface area contributed by atoms with Gasteiger partial charge in [0.1, 0.15) is 10.4 Å². The van der Waals surface area contributed by atoms with Crippen molar-refractivity contribution in [3.8, 4) is 17.1 Å². The first-order valence-electron chi connectivity index (χ1n) is 10.9. The second-order valence-electron chi connectivity index (χ2n) is 8.82. The number of amides is 1. The number of halogens is 1. The Balaban J connectivity index is 1.42. The van der Waals surface area contributed by atoms with Crippen LogP contribution in [0, 0.1) is 12.3 Å². The summed E-state index contributed by atoms with van der Waals surface area (Å²) < 4.78 is 2.48. The van der Waals surface area contributed by atoms with Crippen molar-refractivity contribution in [3.63, 3.8) is 0 Å². The fourth-order valence-corrected chi connectivity index (χ4v) is 4.93. The van der Waals surface area contributed by atoms with Crippen LogP contribution in [0.5, 0.6) is 0 Å². The molecule has 0 unspecified atom stereocenters. The fraction of sp³-hybridized carbons (Fsp3) is 0.348. The van der Waals surface area contributed by atoms with Crippen LogP contribution in [-0.2, 0) is 4.79 Å². The molecule has 9 nitrogen and oxygen atoms in total. The number of benzene rings is 1. The number of aromatic amines is 1. The lowest BCUT2D eigenvalue weighted by Crippen LogP contribution is -2.35. The molecule has 5 rings (SSSR count). The number of hydrogen-bond donors (Lipinski definition) is 3. The van der Waals surface area contributed by atoms with Crippen LogP contribution < -0.4 is 10.6 Å². The van der Waals surface area contributed by atoms with Crippen LogP contribution in [0.2, 0.25) is 0 Å². The van der Waals surface area contributed by atoms with Gasteiger partial charge in [0.2, 0.25) is 11.9 Å². The van der Waals surface area contributed by atoms with Crippen molar-refractivity contribution in [1.29, 1.82) is 0 Å². The van der Waals surface area contributed by atoms with E-state index in [2.05, 4.69) is 46.6 Å². The highest BCUT2D eigenvalue weighted by Gasteiger charge is 2.40. The summed E-state index contributed by atoms with van der Waals surface area (Å²) in [6, 6.07) is 8.14. The molecule has 2 atom stereocenters. The Hall–Kier alpha value is -3.27. The van der Waals surface area contributed by atoms with Gasteiger partial charge in [-0.3, -0.25) is 4.79 Å². The second-order valence-corrected chi connectivity index (χ2v) is 9.57. The van der Waals surface area contributed by atoms with E-state index in [0.717, 1.165) is 47.4 Å². The van der Waals surface area contributed by atoms with Gasteiger partial charge in [-0.25, -0.2) is 14.6 Å². The van der Waals surface area contributed by atoms with Crippen LogP contribution in [0.15, 0.2) is 41.3 Å². The number of hydrogen-bond acceptors (Lipinski definition) is 6. The van der Waals surface area contributed by atoms with Crippen molar-refractivity contribution in [2.75, 3.05) is 12.4 Å². The van der Waals surface area contributed by atoms with E-state index in [0.29, 0.717) is 16.2 Å². The van der Waals surface area contributed by atoms with Gasteiger partial charge in [-0.2, -0.15) is 10.1 Å². The number of fused-ring (bicyclic) bond motifs is 1. The van der Waals surface area contributed by atoms with E-state index in [1.54, 1.807) is 17.9 Å². The largest absolute Gasteiger partial charge is 0.359 e. The SMILES string of the molecule is CNC(=O)[C@]1(C)CC[C@@H](Nc2ncc3c(Br)nn(-c4ccc(-c5ncc(C)[nH]5)cc4)c3n2)C1. The molecule has 1 amide bonds. The minimum Gasteiger partial charge on any atom is -0.359 e. The molecule has 0 spiro atoms. The minimum atomic E-state index is -0.365. The summed E-state index contributed by atoms with van der Waals surface area (Å²) >= 11 is 3.53. The van der Waals surface area contributed by atoms with Crippen molar-refractivity contribution < 1.29 is 4.79 Å². The van der Waals surface area contributed by atoms with Gasteiger partial charge in [0.15, 0.2) is 5.65 Å².